The molecule has 0 spiro atoms. The average molecular weight is 313 g/mol. The Morgan fingerprint density at radius 2 is 1.70 bits per heavy atom. The first-order chi connectivity index (χ1) is 8.82. The minimum Gasteiger partial charge on any atom is -0.481 e. The predicted molar refractivity (Wildman–Crippen MR) is 67.2 cm³/mol. The molecule has 4 nitrogen and oxygen atoms in total. The molecule has 2 N–H and O–H groups in total. The highest BCUT2D eigenvalue weighted by Gasteiger charge is 2.77. The van der Waals surface area contributed by atoms with Crippen molar-refractivity contribution in [1.82, 2.24) is 4.72 Å². The fourth-order valence-electron chi connectivity index (χ4n) is 3.22. The van der Waals surface area contributed by atoms with Gasteiger partial charge >= 0.3 is 12.1 Å². The van der Waals surface area contributed by atoms with Crippen LogP contribution in [0.5, 0.6) is 0 Å². The fourth-order valence-corrected chi connectivity index (χ4v) is 4.17. The Morgan fingerprint density at radius 3 is 2.00 bits per heavy atom. The molecule has 0 saturated heterocycles. The van der Waals surface area contributed by atoms with Gasteiger partial charge in [-0.3, -0.25) is 4.79 Å². The van der Waals surface area contributed by atoms with Crippen LogP contribution < -0.4 is 4.72 Å². The van der Waals surface area contributed by atoms with Crippen LogP contribution in [0, 0.1) is 10.8 Å². The van der Waals surface area contributed by atoms with E-state index in [1.165, 1.54) is 0 Å². The summed E-state index contributed by atoms with van der Waals surface area (Å²) < 4.78 is 52.9. The number of hydrogen-bond acceptors (Lipinski definition) is 2. The molecule has 20 heavy (non-hydrogen) atoms. The molecule has 3 aliphatic carbocycles. The number of nitrogens with one attached hydrogen (secondary N) is 1. The van der Waals surface area contributed by atoms with E-state index in [2.05, 4.69) is 4.72 Å². The second-order valence-corrected chi connectivity index (χ2v) is 8.95. The van der Waals surface area contributed by atoms with E-state index < -0.39 is 44.8 Å². The highest BCUT2D eigenvalue weighted by atomic mass is 32.2. The molecule has 116 valence electrons. The summed E-state index contributed by atoms with van der Waals surface area (Å²) in [4.78, 5) is 11.0. The van der Waals surface area contributed by atoms with Gasteiger partial charge in [-0.15, -0.1) is 0 Å². The van der Waals surface area contributed by atoms with E-state index in [4.69, 9.17) is 5.11 Å². The number of alkyl halides is 3. The normalized spacial score (nSPS) is 35.7. The first-order valence-electron chi connectivity index (χ1n) is 6.31. The summed E-state index contributed by atoms with van der Waals surface area (Å²) in [5.74, 6) is -1.03. The van der Waals surface area contributed by atoms with Crippen LogP contribution in [0.1, 0.15) is 40.0 Å². The van der Waals surface area contributed by atoms with Crippen LogP contribution in [0.2, 0.25) is 0 Å². The molecule has 2 bridgehead atoms. The van der Waals surface area contributed by atoms with Crippen molar-refractivity contribution in [2.24, 2.45) is 10.8 Å². The van der Waals surface area contributed by atoms with E-state index >= 15 is 0 Å². The average Bonchev–Trinajstić information content (AvgIpc) is 2.07. The highest BCUT2D eigenvalue weighted by Crippen LogP contribution is 2.76. The zero-order valence-corrected chi connectivity index (χ0v) is 12.3. The van der Waals surface area contributed by atoms with Gasteiger partial charge in [0.1, 0.15) is 6.04 Å². The van der Waals surface area contributed by atoms with Gasteiger partial charge in [0.2, 0.25) is 0 Å². The maximum Gasteiger partial charge on any atom is 0.405 e. The zero-order valence-electron chi connectivity index (χ0n) is 11.5. The van der Waals surface area contributed by atoms with Gasteiger partial charge in [0.05, 0.1) is 21.1 Å². The summed E-state index contributed by atoms with van der Waals surface area (Å²) in [6, 6.07) is -1.91. The minimum absolute atomic E-state index is 0.00779. The fraction of sp³-hybridized carbons (Fsp3) is 0.917. The van der Waals surface area contributed by atoms with Gasteiger partial charge < -0.3 is 5.11 Å². The smallest absolute Gasteiger partial charge is 0.405 e. The quantitative estimate of drug-likeness (QED) is 0.836. The van der Waals surface area contributed by atoms with Crippen LogP contribution in [0.15, 0.2) is 0 Å². The molecule has 8 heteroatoms. The summed E-state index contributed by atoms with van der Waals surface area (Å²) >= 11 is 0. The minimum atomic E-state index is -4.54. The molecular weight excluding hydrogens is 295 g/mol. The van der Waals surface area contributed by atoms with Gasteiger partial charge in [-0.05, 0) is 45.4 Å². The van der Waals surface area contributed by atoms with E-state index in [0.717, 1.165) is 0 Å². The predicted octanol–water partition coefficient (Wildman–Crippen LogP) is 2.22. The number of hydrogen-bond donors (Lipinski definition) is 2. The lowest BCUT2D eigenvalue weighted by atomic mass is 9.33. The number of carboxylic acids is 1. The first kappa shape index (κ1) is 15.8. The Kier molecular flexibility index (Phi) is 3.30. The maximum absolute atomic E-state index is 13.2. The Balaban J connectivity index is 2.13. The Morgan fingerprint density at radius 1 is 1.25 bits per heavy atom. The molecular formula is C12H18F3NO3S. The van der Waals surface area contributed by atoms with Crippen LogP contribution >= 0.6 is 0 Å². The van der Waals surface area contributed by atoms with Crippen molar-refractivity contribution in [3.63, 3.8) is 0 Å². The molecule has 3 aliphatic rings. The summed E-state index contributed by atoms with van der Waals surface area (Å²) in [6.07, 6.45) is -4.51. The van der Waals surface area contributed by atoms with E-state index in [1.54, 1.807) is 20.8 Å². The maximum atomic E-state index is 13.2. The molecule has 3 saturated carbocycles. The van der Waals surface area contributed by atoms with Gasteiger partial charge in [-0.25, -0.2) is 8.93 Å². The van der Waals surface area contributed by atoms with Crippen LogP contribution in [-0.2, 0) is 15.8 Å². The van der Waals surface area contributed by atoms with E-state index in [9.17, 15) is 22.2 Å². The van der Waals surface area contributed by atoms with Crippen LogP contribution in [0.25, 0.3) is 0 Å². The summed E-state index contributed by atoms with van der Waals surface area (Å²) in [5, 5.41) is 8.98. The third kappa shape index (κ3) is 2.26. The molecule has 0 aromatic rings. The third-order valence-electron chi connectivity index (χ3n) is 4.25. The topological polar surface area (TPSA) is 66.4 Å². The molecule has 2 unspecified atom stereocenters. The number of halogens is 3. The molecule has 0 radical (unpaired) electrons. The van der Waals surface area contributed by atoms with Crippen molar-refractivity contribution < 1.29 is 27.3 Å². The number of rotatable bonds is 4. The Bertz CT molecular complexity index is 450. The largest absolute Gasteiger partial charge is 0.481 e. The molecule has 0 aliphatic heterocycles. The second-order valence-electron chi connectivity index (χ2n) is 6.95. The zero-order chi connectivity index (χ0) is 15.6. The lowest BCUT2D eigenvalue weighted by Gasteiger charge is -2.70. The van der Waals surface area contributed by atoms with Crippen molar-refractivity contribution in [3.8, 4) is 0 Å². The van der Waals surface area contributed by atoms with Gasteiger partial charge in [0, 0.05) is 0 Å². The van der Waals surface area contributed by atoms with E-state index in [1.807, 2.05) is 0 Å². The number of carboxylic acid groups (broad SMARTS) is 1. The molecule has 2 atom stereocenters. The van der Waals surface area contributed by atoms with Crippen molar-refractivity contribution in [3.05, 3.63) is 0 Å². The molecule has 3 fully saturated rings. The van der Waals surface area contributed by atoms with Crippen molar-refractivity contribution in [2.45, 2.75) is 57.0 Å². The van der Waals surface area contributed by atoms with Gasteiger partial charge in [-0.2, -0.15) is 13.2 Å². The first-order valence-corrected chi connectivity index (χ1v) is 7.46. The Hall–Kier alpha value is -0.630. The van der Waals surface area contributed by atoms with Crippen molar-refractivity contribution in [1.29, 1.82) is 0 Å². The Labute approximate surface area is 117 Å². The highest BCUT2D eigenvalue weighted by molar-refractivity contribution is 7.84. The third-order valence-corrected chi connectivity index (χ3v) is 5.81. The SMILES string of the molecule is CC(C)(C)S(=O)NC(C(F)(F)F)C12CC(C(=O)O)(C1)C2. The monoisotopic (exact) mass is 313 g/mol. The summed E-state index contributed by atoms with van der Waals surface area (Å²) in [7, 11) is -1.85. The van der Waals surface area contributed by atoms with Crippen LogP contribution in [0.4, 0.5) is 13.2 Å². The second kappa shape index (κ2) is 4.19. The summed E-state index contributed by atoms with van der Waals surface area (Å²) in [6.45, 7) is 4.76. The van der Waals surface area contributed by atoms with Crippen LogP contribution in [0.3, 0.4) is 0 Å². The lowest BCUT2D eigenvalue weighted by Crippen LogP contribution is -2.75. The van der Waals surface area contributed by atoms with Crippen molar-refractivity contribution >= 4 is 17.0 Å². The van der Waals surface area contributed by atoms with Crippen molar-refractivity contribution in [2.75, 3.05) is 0 Å². The standard InChI is InChI=1S/C12H18F3NO3S/c1-9(2,3)20(19)16-7(12(13,14)15)10-4-11(5-10,6-10)8(17)18/h7,16H,4-6H2,1-3H3,(H,17,18). The molecule has 3 rings (SSSR count). The molecule has 0 heterocycles. The molecule has 0 aromatic carbocycles. The van der Waals surface area contributed by atoms with Crippen LogP contribution in [-0.4, -0.2) is 32.2 Å². The van der Waals surface area contributed by atoms with Gasteiger partial charge in [-0.1, -0.05) is 0 Å². The lowest BCUT2D eigenvalue weighted by molar-refractivity contribution is -0.280. The number of carbonyl (C=O) groups is 1. The number of aliphatic carboxylic acids is 1. The molecule has 0 amide bonds. The van der Waals surface area contributed by atoms with E-state index in [0.29, 0.717) is 0 Å². The summed E-state index contributed by atoms with van der Waals surface area (Å²) in [5.41, 5.74) is -2.08. The van der Waals surface area contributed by atoms with Gasteiger partial charge in [0.25, 0.3) is 0 Å². The van der Waals surface area contributed by atoms with E-state index in [-0.39, 0.29) is 19.3 Å². The van der Waals surface area contributed by atoms with Gasteiger partial charge in [0.15, 0.2) is 0 Å². The molecule has 0 aromatic heterocycles.